The zero-order valence-corrected chi connectivity index (χ0v) is 19.8. The van der Waals surface area contributed by atoms with Crippen LogP contribution in [0.1, 0.15) is 55.8 Å². The first-order valence-electron chi connectivity index (χ1n) is 11.2. The minimum absolute atomic E-state index is 0.212. The Morgan fingerprint density at radius 3 is 1.68 bits per heavy atom. The number of esters is 2. The second-order valence-electron chi connectivity index (χ2n) is 7.96. The van der Waals surface area contributed by atoms with Gasteiger partial charge in [0.25, 0.3) is 0 Å². The second-order valence-corrected chi connectivity index (χ2v) is 7.96. The molecule has 2 aromatic carbocycles. The molecule has 0 aliphatic heterocycles. The molecule has 182 valence electrons. The van der Waals surface area contributed by atoms with Crippen molar-refractivity contribution in [2.75, 3.05) is 14.2 Å². The van der Waals surface area contributed by atoms with Crippen molar-refractivity contribution >= 4 is 23.8 Å². The van der Waals surface area contributed by atoms with Gasteiger partial charge in [0.05, 0.1) is 14.2 Å². The van der Waals surface area contributed by atoms with E-state index >= 15 is 0 Å². The lowest BCUT2D eigenvalue weighted by atomic mass is 10.0. The van der Waals surface area contributed by atoms with E-state index in [1.807, 2.05) is 12.1 Å². The first-order chi connectivity index (χ1) is 16.4. The Balaban J connectivity index is 1.82. The van der Waals surface area contributed by atoms with Gasteiger partial charge in [0, 0.05) is 12.3 Å². The zero-order chi connectivity index (χ0) is 24.9. The fraction of sp³-hybridized carbons (Fsp3) is 0.385. The number of hydrogen-bond donors (Lipinski definition) is 2. The fourth-order valence-electron chi connectivity index (χ4n) is 3.47. The largest absolute Gasteiger partial charge is 0.467 e. The number of nitrogens with one attached hydrogen (secondary N) is 2. The van der Waals surface area contributed by atoms with E-state index < -0.39 is 24.0 Å². The van der Waals surface area contributed by atoms with Gasteiger partial charge in [0.15, 0.2) is 12.1 Å². The predicted molar refractivity (Wildman–Crippen MR) is 126 cm³/mol. The van der Waals surface area contributed by atoms with Gasteiger partial charge < -0.3 is 20.1 Å². The normalized spacial score (nSPS) is 13.1. The molecular weight excluding hydrogens is 436 g/mol. The number of methoxy groups -OCH3 is 2. The van der Waals surface area contributed by atoms with Crippen molar-refractivity contribution in [3.63, 3.8) is 0 Å². The molecule has 0 saturated carbocycles. The second kappa shape index (κ2) is 13.8. The molecule has 0 heterocycles. The van der Waals surface area contributed by atoms with Gasteiger partial charge in [-0.05, 0) is 24.0 Å². The number of hydrogen-bond acceptors (Lipinski definition) is 6. The molecule has 3 atom stereocenters. The Kier molecular flexibility index (Phi) is 10.8. The molecule has 0 spiro atoms. The summed E-state index contributed by atoms with van der Waals surface area (Å²) in [5.41, 5.74) is 1.29. The van der Waals surface area contributed by atoms with Crippen LogP contribution in [0.5, 0.6) is 0 Å². The Bertz CT molecular complexity index is 948. The van der Waals surface area contributed by atoms with Crippen molar-refractivity contribution in [1.29, 1.82) is 0 Å². The number of rotatable bonds is 12. The van der Waals surface area contributed by atoms with Crippen LogP contribution in [-0.2, 0) is 28.7 Å². The summed E-state index contributed by atoms with van der Waals surface area (Å²) in [7, 11) is 2.56. The molecule has 0 aromatic heterocycles. The lowest BCUT2D eigenvalue weighted by Gasteiger charge is -2.20. The van der Waals surface area contributed by atoms with E-state index in [4.69, 9.17) is 9.47 Å². The van der Waals surface area contributed by atoms with Crippen LogP contribution in [0, 0.1) is 5.92 Å². The van der Waals surface area contributed by atoms with E-state index in [-0.39, 0.29) is 24.2 Å². The highest BCUT2D eigenvalue weighted by Gasteiger charge is 2.26. The average molecular weight is 469 g/mol. The summed E-state index contributed by atoms with van der Waals surface area (Å²) in [6.45, 7) is 1.78. The number of benzene rings is 2. The maximum Gasteiger partial charge on any atom is 0.333 e. The summed E-state index contributed by atoms with van der Waals surface area (Å²) >= 11 is 0. The van der Waals surface area contributed by atoms with Crippen LogP contribution in [-0.4, -0.2) is 38.0 Å². The molecular formula is C26H32N2O6. The molecule has 0 unspecified atom stereocenters. The summed E-state index contributed by atoms with van der Waals surface area (Å²) in [6.07, 6.45) is 1.93. The van der Waals surface area contributed by atoms with Crippen molar-refractivity contribution in [3.8, 4) is 0 Å². The highest BCUT2D eigenvalue weighted by molar-refractivity contribution is 5.87. The minimum atomic E-state index is -0.875. The fourth-order valence-corrected chi connectivity index (χ4v) is 3.47. The molecule has 0 fully saturated rings. The van der Waals surface area contributed by atoms with Crippen LogP contribution >= 0.6 is 0 Å². The van der Waals surface area contributed by atoms with Gasteiger partial charge in [0.2, 0.25) is 11.8 Å². The van der Waals surface area contributed by atoms with Crippen molar-refractivity contribution in [3.05, 3.63) is 71.8 Å². The highest BCUT2D eigenvalue weighted by atomic mass is 16.5. The van der Waals surface area contributed by atoms with E-state index in [1.54, 1.807) is 55.5 Å². The quantitative estimate of drug-likeness (QED) is 0.365. The van der Waals surface area contributed by atoms with Crippen LogP contribution in [0.25, 0.3) is 0 Å². The van der Waals surface area contributed by atoms with Crippen molar-refractivity contribution in [2.45, 2.75) is 44.7 Å². The number of unbranched alkanes of at least 4 members (excludes halogenated alkanes) is 1. The van der Waals surface area contributed by atoms with Gasteiger partial charge in [-0.3, -0.25) is 9.59 Å². The van der Waals surface area contributed by atoms with Crippen molar-refractivity contribution in [2.24, 2.45) is 5.92 Å². The first-order valence-corrected chi connectivity index (χ1v) is 11.2. The predicted octanol–water partition coefficient (Wildman–Crippen LogP) is 3.24. The number of ether oxygens (including phenoxy) is 2. The average Bonchev–Trinajstić information content (AvgIpc) is 2.88. The van der Waals surface area contributed by atoms with E-state index in [9.17, 15) is 19.2 Å². The zero-order valence-electron chi connectivity index (χ0n) is 19.8. The summed E-state index contributed by atoms with van der Waals surface area (Å²) in [5.74, 6) is -1.97. The maximum absolute atomic E-state index is 12.6. The number of carbonyl (C=O) groups is 4. The van der Waals surface area contributed by atoms with E-state index in [1.165, 1.54) is 14.2 Å². The lowest BCUT2D eigenvalue weighted by molar-refractivity contribution is -0.145. The standard InChI is InChI=1S/C26H32N2O6/c1-18(24(30)28-23(26(32)34-3)20-15-8-5-9-16-20)12-10-11-17-21(29)27-22(25(31)33-2)19-13-6-4-7-14-19/h4-9,13-16,18,22-23H,10-12,17H2,1-3H3,(H,27,29)(H,28,30)/t18-,22-,23-/m1/s1. The van der Waals surface area contributed by atoms with Gasteiger partial charge in [-0.1, -0.05) is 74.0 Å². The van der Waals surface area contributed by atoms with Crippen LogP contribution in [0.3, 0.4) is 0 Å². The SMILES string of the molecule is COC(=O)[C@H](NC(=O)CCCC[C@@H](C)C(=O)N[C@@H](C(=O)OC)c1ccccc1)c1ccccc1. The molecule has 34 heavy (non-hydrogen) atoms. The van der Waals surface area contributed by atoms with Gasteiger partial charge in [-0.25, -0.2) is 9.59 Å². The molecule has 0 aliphatic rings. The van der Waals surface area contributed by atoms with Crippen molar-refractivity contribution in [1.82, 2.24) is 10.6 Å². The van der Waals surface area contributed by atoms with Crippen LogP contribution in [0.15, 0.2) is 60.7 Å². The van der Waals surface area contributed by atoms with E-state index in [2.05, 4.69) is 10.6 Å². The highest BCUT2D eigenvalue weighted by Crippen LogP contribution is 2.18. The molecule has 0 radical (unpaired) electrons. The van der Waals surface area contributed by atoms with E-state index in [0.29, 0.717) is 30.4 Å². The molecule has 0 saturated heterocycles. The Labute approximate surface area is 200 Å². The van der Waals surface area contributed by atoms with Crippen LogP contribution in [0.4, 0.5) is 0 Å². The molecule has 2 rings (SSSR count). The van der Waals surface area contributed by atoms with Gasteiger partial charge in [0.1, 0.15) is 0 Å². The number of amides is 2. The Hall–Kier alpha value is -3.68. The minimum Gasteiger partial charge on any atom is -0.467 e. The monoisotopic (exact) mass is 468 g/mol. The summed E-state index contributed by atoms with van der Waals surface area (Å²) < 4.78 is 9.64. The molecule has 2 aromatic rings. The summed E-state index contributed by atoms with van der Waals surface area (Å²) in [6, 6.07) is 16.1. The van der Waals surface area contributed by atoms with Gasteiger partial charge in [-0.2, -0.15) is 0 Å². The van der Waals surface area contributed by atoms with Crippen LogP contribution < -0.4 is 10.6 Å². The molecule has 8 heteroatoms. The summed E-state index contributed by atoms with van der Waals surface area (Å²) in [5, 5.41) is 5.47. The lowest BCUT2D eigenvalue weighted by Crippen LogP contribution is -2.37. The maximum atomic E-state index is 12.6. The first kappa shape index (κ1) is 26.6. The molecule has 8 nitrogen and oxygen atoms in total. The molecule has 2 amide bonds. The number of carbonyl (C=O) groups excluding carboxylic acids is 4. The molecule has 0 bridgehead atoms. The summed E-state index contributed by atoms with van der Waals surface area (Å²) in [4.78, 5) is 49.3. The molecule has 2 N–H and O–H groups in total. The smallest absolute Gasteiger partial charge is 0.333 e. The third kappa shape index (κ3) is 8.03. The third-order valence-electron chi connectivity index (χ3n) is 5.47. The van der Waals surface area contributed by atoms with E-state index in [0.717, 1.165) is 0 Å². The van der Waals surface area contributed by atoms with Crippen molar-refractivity contribution < 1.29 is 28.7 Å². The van der Waals surface area contributed by atoms with Gasteiger partial charge in [-0.15, -0.1) is 0 Å². The van der Waals surface area contributed by atoms with Crippen LogP contribution in [0.2, 0.25) is 0 Å². The molecule has 0 aliphatic carbocycles. The third-order valence-corrected chi connectivity index (χ3v) is 5.47. The Morgan fingerprint density at radius 2 is 1.21 bits per heavy atom. The topological polar surface area (TPSA) is 111 Å². The Morgan fingerprint density at radius 1 is 0.735 bits per heavy atom. The van der Waals surface area contributed by atoms with Gasteiger partial charge >= 0.3 is 11.9 Å².